The number of carbonyl (C=O) groups is 1. The SMILES string of the molecule is CC(C)(C)OC(=O)N(Cc1ccccc1)[C@H](CO)CC1CCCCC1. The molecule has 1 fully saturated rings. The van der Waals surface area contributed by atoms with Gasteiger partial charge >= 0.3 is 6.09 Å². The number of hydrogen-bond acceptors (Lipinski definition) is 3. The Morgan fingerprint density at radius 2 is 1.84 bits per heavy atom. The topological polar surface area (TPSA) is 49.8 Å². The maximum atomic E-state index is 12.8. The lowest BCUT2D eigenvalue weighted by atomic mass is 9.84. The van der Waals surface area contributed by atoms with Crippen LogP contribution in [0.15, 0.2) is 30.3 Å². The van der Waals surface area contributed by atoms with Crippen LogP contribution in [0.3, 0.4) is 0 Å². The number of nitrogens with zero attached hydrogens (tertiary/aromatic N) is 1. The van der Waals surface area contributed by atoms with Crippen LogP contribution in [-0.2, 0) is 11.3 Å². The zero-order valence-corrected chi connectivity index (χ0v) is 15.9. The number of ether oxygens (including phenoxy) is 1. The maximum absolute atomic E-state index is 12.8. The van der Waals surface area contributed by atoms with Crippen molar-refractivity contribution < 1.29 is 14.6 Å². The molecule has 1 aliphatic rings. The molecular weight excluding hydrogens is 314 g/mol. The first-order chi connectivity index (χ1) is 11.9. The standard InChI is InChI=1S/C21H33NO3/c1-21(2,3)25-20(24)22(15-18-12-8-5-9-13-18)19(16-23)14-17-10-6-4-7-11-17/h5,8-9,12-13,17,19,23H,4,6-7,10-11,14-16H2,1-3H3/t19-/m0/s1. The fraction of sp³-hybridized carbons (Fsp3) is 0.667. The van der Waals surface area contributed by atoms with Crippen molar-refractivity contribution in [3.05, 3.63) is 35.9 Å². The van der Waals surface area contributed by atoms with Gasteiger partial charge in [0.05, 0.1) is 12.6 Å². The third-order valence-electron chi connectivity index (χ3n) is 4.81. The van der Waals surface area contributed by atoms with E-state index < -0.39 is 5.60 Å². The van der Waals surface area contributed by atoms with E-state index in [0.717, 1.165) is 12.0 Å². The Hall–Kier alpha value is -1.55. The van der Waals surface area contributed by atoms with Crippen molar-refractivity contribution in [3.8, 4) is 0 Å². The van der Waals surface area contributed by atoms with Gasteiger partial charge in [-0.3, -0.25) is 4.90 Å². The first kappa shape index (κ1) is 19.8. The van der Waals surface area contributed by atoms with E-state index in [9.17, 15) is 9.90 Å². The van der Waals surface area contributed by atoms with Gasteiger partial charge in [0.2, 0.25) is 0 Å². The molecule has 4 heteroatoms. The Bertz CT molecular complexity index is 518. The molecule has 0 aliphatic heterocycles. The zero-order chi connectivity index (χ0) is 18.3. The number of carbonyl (C=O) groups excluding carboxylic acids is 1. The van der Waals surface area contributed by atoms with Gasteiger partial charge in [0.15, 0.2) is 0 Å². The van der Waals surface area contributed by atoms with Gasteiger partial charge in [0, 0.05) is 6.54 Å². The van der Waals surface area contributed by atoms with Crippen LogP contribution < -0.4 is 0 Å². The zero-order valence-electron chi connectivity index (χ0n) is 15.9. The smallest absolute Gasteiger partial charge is 0.410 e. The molecule has 1 N–H and O–H groups in total. The lowest BCUT2D eigenvalue weighted by Gasteiger charge is -2.35. The highest BCUT2D eigenvalue weighted by Gasteiger charge is 2.30. The van der Waals surface area contributed by atoms with Gasteiger partial charge in [-0.25, -0.2) is 4.79 Å². The summed E-state index contributed by atoms with van der Waals surface area (Å²) >= 11 is 0. The molecule has 1 aliphatic carbocycles. The van der Waals surface area contributed by atoms with Crippen LogP contribution >= 0.6 is 0 Å². The van der Waals surface area contributed by atoms with Gasteiger partial charge in [-0.05, 0) is 38.7 Å². The lowest BCUT2D eigenvalue weighted by molar-refractivity contribution is 0.00260. The van der Waals surface area contributed by atoms with Crippen molar-refractivity contribution in [2.45, 2.75) is 77.5 Å². The fourth-order valence-corrected chi connectivity index (χ4v) is 3.55. The Kier molecular flexibility index (Phi) is 7.30. The van der Waals surface area contributed by atoms with Crippen LogP contribution in [0.25, 0.3) is 0 Å². The number of amides is 1. The Morgan fingerprint density at radius 3 is 2.40 bits per heavy atom. The van der Waals surface area contributed by atoms with Gasteiger partial charge in [-0.2, -0.15) is 0 Å². The summed E-state index contributed by atoms with van der Waals surface area (Å²) in [6.07, 6.45) is 6.73. The van der Waals surface area contributed by atoms with E-state index >= 15 is 0 Å². The summed E-state index contributed by atoms with van der Waals surface area (Å²) in [5.74, 6) is 0.589. The van der Waals surface area contributed by atoms with E-state index in [1.165, 1.54) is 32.1 Å². The highest BCUT2D eigenvalue weighted by Crippen LogP contribution is 2.29. The maximum Gasteiger partial charge on any atom is 0.410 e. The number of aliphatic hydroxyl groups is 1. The van der Waals surface area contributed by atoms with E-state index in [4.69, 9.17) is 4.74 Å². The molecule has 0 aromatic heterocycles. The van der Waals surface area contributed by atoms with Crippen molar-refractivity contribution >= 4 is 6.09 Å². The predicted molar refractivity (Wildman–Crippen MR) is 100 cm³/mol. The summed E-state index contributed by atoms with van der Waals surface area (Å²) < 4.78 is 5.62. The van der Waals surface area contributed by atoms with Crippen molar-refractivity contribution in [1.29, 1.82) is 0 Å². The number of hydrogen-bond donors (Lipinski definition) is 1. The summed E-state index contributed by atoms with van der Waals surface area (Å²) in [6, 6.07) is 9.72. The first-order valence-corrected chi connectivity index (χ1v) is 9.53. The van der Waals surface area contributed by atoms with E-state index in [2.05, 4.69) is 0 Å². The minimum Gasteiger partial charge on any atom is -0.444 e. The predicted octanol–water partition coefficient (Wildman–Crippen LogP) is 4.76. The van der Waals surface area contributed by atoms with Crippen molar-refractivity contribution in [1.82, 2.24) is 4.90 Å². The third-order valence-corrected chi connectivity index (χ3v) is 4.81. The Balaban J connectivity index is 2.13. The molecule has 25 heavy (non-hydrogen) atoms. The molecule has 0 unspecified atom stereocenters. The monoisotopic (exact) mass is 347 g/mol. The van der Waals surface area contributed by atoms with Crippen molar-refractivity contribution in [2.24, 2.45) is 5.92 Å². The van der Waals surface area contributed by atoms with Crippen molar-refractivity contribution in [3.63, 3.8) is 0 Å². The molecule has 0 spiro atoms. The van der Waals surface area contributed by atoms with Crippen LogP contribution in [-0.4, -0.2) is 34.3 Å². The summed E-state index contributed by atoms with van der Waals surface area (Å²) in [5, 5.41) is 10.0. The molecule has 1 amide bonds. The molecule has 0 radical (unpaired) electrons. The second-order valence-electron chi connectivity index (χ2n) is 8.17. The van der Waals surface area contributed by atoms with Gasteiger partial charge in [0.1, 0.15) is 5.60 Å². The average Bonchev–Trinajstić information content (AvgIpc) is 2.58. The summed E-state index contributed by atoms with van der Waals surface area (Å²) in [7, 11) is 0. The second kappa shape index (κ2) is 9.23. The summed E-state index contributed by atoms with van der Waals surface area (Å²) in [4.78, 5) is 14.5. The molecular formula is C21H33NO3. The van der Waals surface area contributed by atoms with Crippen LogP contribution in [0.4, 0.5) is 4.79 Å². The highest BCUT2D eigenvalue weighted by atomic mass is 16.6. The van der Waals surface area contributed by atoms with Gasteiger partial charge in [0.25, 0.3) is 0 Å². The minimum absolute atomic E-state index is 0.0252. The average molecular weight is 347 g/mol. The van der Waals surface area contributed by atoms with Crippen LogP contribution in [0.2, 0.25) is 0 Å². The number of benzene rings is 1. The molecule has 0 heterocycles. The molecule has 1 aromatic rings. The quantitative estimate of drug-likeness (QED) is 0.807. The normalized spacial score (nSPS) is 17.1. The molecule has 1 atom stereocenters. The molecule has 4 nitrogen and oxygen atoms in total. The third kappa shape index (κ3) is 6.69. The molecule has 2 rings (SSSR count). The summed E-state index contributed by atoms with van der Waals surface area (Å²) in [5.41, 5.74) is 0.507. The van der Waals surface area contributed by atoms with E-state index in [1.54, 1.807) is 4.90 Å². The van der Waals surface area contributed by atoms with Crippen molar-refractivity contribution in [2.75, 3.05) is 6.61 Å². The van der Waals surface area contributed by atoms with Gasteiger partial charge in [-0.15, -0.1) is 0 Å². The van der Waals surface area contributed by atoms with Crippen LogP contribution in [0.5, 0.6) is 0 Å². The molecule has 0 bridgehead atoms. The molecule has 1 aromatic carbocycles. The molecule has 0 saturated heterocycles. The van der Waals surface area contributed by atoms with Gasteiger partial charge in [-0.1, -0.05) is 62.4 Å². The lowest BCUT2D eigenvalue weighted by Crippen LogP contribution is -2.45. The minimum atomic E-state index is -0.545. The molecule has 1 saturated carbocycles. The highest BCUT2D eigenvalue weighted by molar-refractivity contribution is 5.68. The van der Waals surface area contributed by atoms with Crippen LogP contribution in [0.1, 0.15) is 64.9 Å². The summed E-state index contributed by atoms with van der Waals surface area (Å²) in [6.45, 7) is 6.07. The van der Waals surface area contributed by atoms with E-state index in [0.29, 0.717) is 12.5 Å². The van der Waals surface area contributed by atoms with E-state index in [1.807, 2.05) is 51.1 Å². The Labute approximate surface area is 152 Å². The van der Waals surface area contributed by atoms with Gasteiger partial charge < -0.3 is 9.84 Å². The first-order valence-electron chi connectivity index (χ1n) is 9.53. The fourth-order valence-electron chi connectivity index (χ4n) is 3.55. The number of aliphatic hydroxyl groups excluding tert-OH is 1. The van der Waals surface area contributed by atoms with Crippen LogP contribution in [0, 0.1) is 5.92 Å². The van der Waals surface area contributed by atoms with E-state index in [-0.39, 0.29) is 18.7 Å². The second-order valence-corrected chi connectivity index (χ2v) is 8.17. The molecule has 140 valence electrons. The Morgan fingerprint density at radius 1 is 1.20 bits per heavy atom. The number of rotatable bonds is 6. The largest absolute Gasteiger partial charge is 0.444 e.